The Bertz CT molecular complexity index is 158. The van der Waals surface area contributed by atoms with Gasteiger partial charge in [0.1, 0.15) is 3.72 Å². The Morgan fingerprint density at radius 2 is 2.22 bits per heavy atom. The van der Waals surface area contributed by atoms with Crippen LogP contribution in [-0.4, -0.2) is 16.5 Å². The molecule has 0 amide bonds. The van der Waals surface area contributed by atoms with Gasteiger partial charge in [0.05, 0.1) is 5.71 Å². The second-order valence-electron chi connectivity index (χ2n) is 1.41. The van der Waals surface area contributed by atoms with Crippen molar-refractivity contribution in [2.45, 2.75) is 6.92 Å². The second-order valence-corrected chi connectivity index (χ2v) is 2.43. The summed E-state index contributed by atoms with van der Waals surface area (Å²) in [6.07, 6.45) is 1.51. The Kier molecular flexibility index (Phi) is 4.57. The molecular weight excluding hydrogens is 227 g/mol. The van der Waals surface area contributed by atoms with Gasteiger partial charge < -0.3 is 0 Å². The number of rotatable bonds is 2. The zero-order chi connectivity index (χ0) is 7.28. The summed E-state index contributed by atoms with van der Waals surface area (Å²) < 4.78 is 0.924. The van der Waals surface area contributed by atoms with E-state index in [1.807, 2.05) is 6.92 Å². The molecule has 9 heavy (non-hydrogen) atoms. The fourth-order valence-electron chi connectivity index (χ4n) is 0.352. The summed E-state index contributed by atoms with van der Waals surface area (Å²) in [5.41, 5.74) is 0.910. The van der Waals surface area contributed by atoms with Gasteiger partial charge >= 0.3 is 0 Å². The first-order valence-electron chi connectivity index (χ1n) is 2.50. The number of nitrogens with zero attached hydrogens (tertiary/aromatic N) is 2. The van der Waals surface area contributed by atoms with Crippen molar-refractivity contribution in [3.8, 4) is 0 Å². The van der Waals surface area contributed by atoms with Crippen molar-refractivity contribution in [2.75, 3.05) is 7.05 Å². The lowest BCUT2D eigenvalue weighted by molar-refractivity contribution is 1.47. The van der Waals surface area contributed by atoms with E-state index in [1.165, 1.54) is 6.20 Å². The predicted octanol–water partition coefficient (Wildman–Crippen LogP) is 2.05. The highest BCUT2D eigenvalue weighted by molar-refractivity contribution is 14.1. The predicted molar refractivity (Wildman–Crippen MR) is 50.7 cm³/mol. The maximum Gasteiger partial charge on any atom is 0.116 e. The van der Waals surface area contributed by atoms with E-state index in [0.29, 0.717) is 0 Å². The highest BCUT2D eigenvalue weighted by Gasteiger charge is 1.92. The normalized spacial score (nSPS) is 13.7. The summed E-state index contributed by atoms with van der Waals surface area (Å²) in [4.78, 5) is 7.87. The third-order valence-electron chi connectivity index (χ3n) is 0.780. The summed E-state index contributed by atoms with van der Waals surface area (Å²) in [5, 5.41) is 0. The van der Waals surface area contributed by atoms with Crippen LogP contribution < -0.4 is 0 Å². The smallest absolute Gasteiger partial charge is 0.116 e. The van der Waals surface area contributed by atoms with Crippen LogP contribution in [0.15, 0.2) is 22.8 Å². The maximum absolute atomic E-state index is 3.94. The molecule has 2 nitrogen and oxygen atoms in total. The molecule has 0 atom stereocenters. The molecule has 0 aromatic heterocycles. The van der Waals surface area contributed by atoms with Gasteiger partial charge in [0, 0.05) is 13.2 Å². The minimum Gasteiger partial charge on any atom is -0.280 e. The van der Waals surface area contributed by atoms with Crippen LogP contribution in [0.25, 0.3) is 0 Å². The minimum absolute atomic E-state index is 0.910. The van der Waals surface area contributed by atoms with E-state index >= 15 is 0 Å². The average Bonchev–Trinajstić information content (AvgIpc) is 1.87. The molecule has 0 saturated carbocycles. The molecule has 3 heteroatoms. The highest BCUT2D eigenvalue weighted by atomic mass is 127. The molecular formula is C6H9IN2. The summed E-state index contributed by atoms with van der Waals surface area (Å²) in [7, 11) is 1.74. The van der Waals surface area contributed by atoms with Crippen LogP contribution >= 0.6 is 22.6 Å². The maximum atomic E-state index is 3.94. The molecule has 0 aliphatic rings. The second kappa shape index (κ2) is 4.67. The van der Waals surface area contributed by atoms with E-state index in [2.05, 4.69) is 39.2 Å². The zero-order valence-electron chi connectivity index (χ0n) is 5.56. The molecule has 0 aromatic carbocycles. The third-order valence-corrected chi connectivity index (χ3v) is 2.04. The van der Waals surface area contributed by atoms with E-state index in [-0.39, 0.29) is 0 Å². The van der Waals surface area contributed by atoms with Gasteiger partial charge in [0.25, 0.3) is 0 Å². The molecule has 0 bridgehead atoms. The van der Waals surface area contributed by atoms with Crippen LogP contribution in [-0.2, 0) is 0 Å². The van der Waals surface area contributed by atoms with Crippen molar-refractivity contribution in [1.82, 2.24) is 0 Å². The standard InChI is InChI=1S/C6H9IN2/c1-4-9-5(2)6(7)8-3/h4H,1H2,2-3H3/b8-6+,9-5+. The van der Waals surface area contributed by atoms with Gasteiger partial charge in [-0.15, -0.1) is 0 Å². The van der Waals surface area contributed by atoms with E-state index in [1.54, 1.807) is 7.05 Å². The van der Waals surface area contributed by atoms with Gasteiger partial charge in [-0.1, -0.05) is 6.58 Å². The molecule has 0 aliphatic carbocycles. The van der Waals surface area contributed by atoms with Gasteiger partial charge in [-0.25, -0.2) is 0 Å². The van der Waals surface area contributed by atoms with Gasteiger partial charge in [-0.3, -0.25) is 9.98 Å². The molecule has 0 N–H and O–H groups in total. The lowest BCUT2D eigenvalue weighted by Crippen LogP contribution is -1.99. The Labute approximate surface area is 68.9 Å². The number of halogens is 1. The van der Waals surface area contributed by atoms with Crippen LogP contribution in [0.1, 0.15) is 6.92 Å². The molecule has 0 fully saturated rings. The van der Waals surface area contributed by atoms with Gasteiger partial charge in [0.2, 0.25) is 0 Å². The first kappa shape index (κ1) is 8.81. The number of hydrogen-bond donors (Lipinski definition) is 0. The van der Waals surface area contributed by atoms with Crippen molar-refractivity contribution >= 4 is 32.0 Å². The van der Waals surface area contributed by atoms with Gasteiger partial charge in [-0.2, -0.15) is 0 Å². The monoisotopic (exact) mass is 236 g/mol. The topological polar surface area (TPSA) is 24.7 Å². The molecule has 0 radical (unpaired) electrons. The largest absolute Gasteiger partial charge is 0.280 e. The SMILES string of the molecule is C=C/N=C(C)/C(I)=N\C. The molecule has 0 aliphatic heterocycles. The summed E-state index contributed by atoms with van der Waals surface area (Å²) >= 11 is 2.13. The van der Waals surface area contributed by atoms with E-state index in [9.17, 15) is 0 Å². The van der Waals surface area contributed by atoms with Crippen molar-refractivity contribution < 1.29 is 0 Å². The molecule has 50 valence electrons. The molecule has 0 heterocycles. The van der Waals surface area contributed by atoms with E-state index in [4.69, 9.17) is 0 Å². The van der Waals surface area contributed by atoms with Crippen molar-refractivity contribution in [3.05, 3.63) is 12.8 Å². The van der Waals surface area contributed by atoms with Crippen molar-refractivity contribution in [3.63, 3.8) is 0 Å². The lowest BCUT2D eigenvalue weighted by Gasteiger charge is -1.90. The first-order chi connectivity index (χ1) is 4.22. The number of aliphatic imine (C=N–C) groups is 2. The third kappa shape index (κ3) is 3.40. The minimum atomic E-state index is 0.910. The van der Waals surface area contributed by atoms with Gasteiger partial charge in [-0.05, 0) is 29.5 Å². The van der Waals surface area contributed by atoms with Crippen molar-refractivity contribution in [1.29, 1.82) is 0 Å². The summed E-state index contributed by atoms with van der Waals surface area (Å²) in [5.74, 6) is 0. The van der Waals surface area contributed by atoms with E-state index < -0.39 is 0 Å². The van der Waals surface area contributed by atoms with Crippen LogP contribution in [0.4, 0.5) is 0 Å². The van der Waals surface area contributed by atoms with Crippen LogP contribution in [0, 0.1) is 0 Å². The molecule has 0 aromatic rings. The zero-order valence-corrected chi connectivity index (χ0v) is 7.71. The fourth-order valence-corrected chi connectivity index (χ4v) is 0.491. The molecule has 0 rings (SSSR count). The Morgan fingerprint density at radius 1 is 1.67 bits per heavy atom. The molecule has 0 spiro atoms. The van der Waals surface area contributed by atoms with Crippen LogP contribution in [0.2, 0.25) is 0 Å². The highest BCUT2D eigenvalue weighted by Crippen LogP contribution is 1.93. The van der Waals surface area contributed by atoms with Crippen LogP contribution in [0.5, 0.6) is 0 Å². The Balaban J connectivity index is 4.19. The van der Waals surface area contributed by atoms with Crippen LogP contribution in [0.3, 0.4) is 0 Å². The average molecular weight is 236 g/mol. The Hall–Kier alpha value is -0.190. The quantitative estimate of drug-likeness (QED) is 0.517. The van der Waals surface area contributed by atoms with Crippen molar-refractivity contribution in [2.24, 2.45) is 9.98 Å². The fraction of sp³-hybridized carbons (Fsp3) is 0.333. The lowest BCUT2D eigenvalue weighted by atomic mass is 10.5. The number of hydrogen-bond acceptors (Lipinski definition) is 2. The summed E-state index contributed by atoms with van der Waals surface area (Å²) in [6.45, 7) is 5.37. The molecule has 0 unspecified atom stereocenters. The Morgan fingerprint density at radius 3 is 2.56 bits per heavy atom. The molecule has 0 saturated heterocycles. The van der Waals surface area contributed by atoms with E-state index in [0.717, 1.165) is 9.43 Å². The van der Waals surface area contributed by atoms with Gasteiger partial charge in [0.15, 0.2) is 0 Å². The first-order valence-corrected chi connectivity index (χ1v) is 3.58. The summed E-state index contributed by atoms with van der Waals surface area (Å²) in [6, 6.07) is 0.